The van der Waals surface area contributed by atoms with Crippen molar-refractivity contribution in [2.24, 2.45) is 23.2 Å². The predicted octanol–water partition coefficient (Wildman–Crippen LogP) is 3.57. The third-order valence-corrected chi connectivity index (χ3v) is 6.44. The van der Waals surface area contributed by atoms with E-state index in [1.165, 1.54) is 26.4 Å². The van der Waals surface area contributed by atoms with Gasteiger partial charge in [0.2, 0.25) is 0 Å². The SMILES string of the molecule is COC(=O)C(NC(=O)Nc1ccccc1)C12CC3CC(CC(C3)C1)C2. The second-order valence-electron chi connectivity index (χ2n) is 8.20. The van der Waals surface area contributed by atoms with E-state index in [4.69, 9.17) is 4.74 Å². The fraction of sp³-hybridized carbons (Fsp3) is 0.600. The molecule has 0 aromatic heterocycles. The second-order valence-corrected chi connectivity index (χ2v) is 8.20. The molecule has 2 amide bonds. The minimum atomic E-state index is -0.561. The van der Waals surface area contributed by atoms with Gasteiger partial charge in [0.05, 0.1) is 7.11 Å². The van der Waals surface area contributed by atoms with Gasteiger partial charge in [-0.15, -0.1) is 0 Å². The highest BCUT2D eigenvalue weighted by atomic mass is 16.5. The highest BCUT2D eigenvalue weighted by Gasteiger charge is 2.56. The lowest BCUT2D eigenvalue weighted by Gasteiger charge is -2.58. The van der Waals surface area contributed by atoms with Gasteiger partial charge in [-0.05, 0) is 68.4 Å². The summed E-state index contributed by atoms with van der Waals surface area (Å²) in [5.41, 5.74) is 0.588. The molecule has 2 N–H and O–H groups in total. The Morgan fingerprint density at radius 1 is 1.04 bits per heavy atom. The van der Waals surface area contributed by atoms with Crippen molar-refractivity contribution >= 4 is 17.7 Å². The van der Waals surface area contributed by atoms with Gasteiger partial charge in [0.25, 0.3) is 0 Å². The van der Waals surface area contributed by atoms with Gasteiger partial charge in [0.1, 0.15) is 6.04 Å². The summed E-state index contributed by atoms with van der Waals surface area (Å²) in [4.78, 5) is 25.1. The summed E-state index contributed by atoms with van der Waals surface area (Å²) in [5, 5.41) is 5.77. The number of hydrogen-bond acceptors (Lipinski definition) is 3. The molecule has 0 aliphatic heterocycles. The standard InChI is InChI=1S/C20H26N2O3/c1-25-18(23)17(22-19(24)21-16-5-3-2-4-6-16)20-10-13-7-14(11-20)9-15(8-13)12-20/h2-6,13-15,17H,7-12H2,1H3,(H2,21,22,24). The van der Waals surface area contributed by atoms with E-state index in [0.717, 1.165) is 19.3 Å². The first-order valence-electron chi connectivity index (χ1n) is 9.28. The number of urea groups is 1. The monoisotopic (exact) mass is 342 g/mol. The summed E-state index contributed by atoms with van der Waals surface area (Å²) in [6.07, 6.45) is 6.98. The number of hydrogen-bond donors (Lipinski definition) is 2. The summed E-state index contributed by atoms with van der Waals surface area (Å²) >= 11 is 0. The fourth-order valence-corrected chi connectivity index (χ4v) is 5.93. The van der Waals surface area contributed by atoms with Crippen LogP contribution in [0.1, 0.15) is 38.5 Å². The fourth-order valence-electron chi connectivity index (χ4n) is 5.93. The van der Waals surface area contributed by atoms with Crippen molar-refractivity contribution in [3.63, 3.8) is 0 Å². The first-order chi connectivity index (χ1) is 12.1. The second kappa shape index (κ2) is 6.36. The zero-order valence-electron chi connectivity index (χ0n) is 14.7. The van der Waals surface area contributed by atoms with Crippen LogP contribution >= 0.6 is 0 Å². The molecule has 4 aliphatic carbocycles. The number of nitrogens with one attached hydrogen (secondary N) is 2. The Morgan fingerprint density at radius 2 is 1.60 bits per heavy atom. The largest absolute Gasteiger partial charge is 0.467 e. The van der Waals surface area contributed by atoms with Crippen molar-refractivity contribution in [1.29, 1.82) is 0 Å². The van der Waals surface area contributed by atoms with E-state index in [9.17, 15) is 9.59 Å². The third kappa shape index (κ3) is 3.12. The lowest BCUT2D eigenvalue weighted by molar-refractivity contribution is -0.154. The van der Waals surface area contributed by atoms with E-state index < -0.39 is 6.04 Å². The van der Waals surface area contributed by atoms with Gasteiger partial charge < -0.3 is 15.4 Å². The number of methoxy groups -OCH3 is 1. The Morgan fingerprint density at radius 3 is 2.12 bits per heavy atom. The molecule has 4 fully saturated rings. The molecule has 134 valence electrons. The van der Waals surface area contributed by atoms with E-state index in [1.54, 1.807) is 0 Å². The third-order valence-electron chi connectivity index (χ3n) is 6.44. The Bertz CT molecular complexity index is 623. The van der Waals surface area contributed by atoms with Crippen LogP contribution < -0.4 is 10.6 Å². The first-order valence-corrected chi connectivity index (χ1v) is 9.28. The number of ether oxygens (including phenoxy) is 1. The summed E-state index contributed by atoms with van der Waals surface area (Å²) in [7, 11) is 1.41. The van der Waals surface area contributed by atoms with Crippen LogP contribution in [0.5, 0.6) is 0 Å². The molecule has 1 unspecified atom stereocenters. The molecule has 1 atom stereocenters. The molecule has 4 bridgehead atoms. The van der Waals surface area contributed by atoms with Crippen LogP contribution in [-0.2, 0) is 9.53 Å². The van der Waals surface area contributed by atoms with Crippen molar-refractivity contribution < 1.29 is 14.3 Å². The lowest BCUT2D eigenvalue weighted by atomic mass is 9.47. The molecule has 0 saturated heterocycles. The van der Waals surface area contributed by atoms with Crippen LogP contribution in [0, 0.1) is 23.2 Å². The number of anilines is 1. The molecule has 1 aromatic carbocycles. The van der Waals surface area contributed by atoms with Gasteiger partial charge in [-0.2, -0.15) is 0 Å². The lowest BCUT2D eigenvalue weighted by Crippen LogP contribution is -2.60. The van der Waals surface area contributed by atoms with Crippen molar-refractivity contribution in [2.45, 2.75) is 44.6 Å². The smallest absolute Gasteiger partial charge is 0.329 e. The highest BCUT2D eigenvalue weighted by Crippen LogP contribution is 2.61. The molecule has 4 saturated carbocycles. The molecule has 5 heteroatoms. The van der Waals surface area contributed by atoms with Gasteiger partial charge in [-0.25, -0.2) is 9.59 Å². The normalized spacial score (nSPS) is 33.6. The zero-order chi connectivity index (χ0) is 17.4. The number of carbonyl (C=O) groups is 2. The number of esters is 1. The summed E-state index contributed by atoms with van der Waals surface area (Å²) in [5.74, 6) is 1.80. The first kappa shape index (κ1) is 16.4. The Kier molecular flexibility index (Phi) is 4.18. The highest BCUT2D eigenvalue weighted by molar-refractivity contribution is 5.92. The van der Waals surface area contributed by atoms with Crippen LogP contribution in [0.15, 0.2) is 30.3 Å². The van der Waals surface area contributed by atoms with Crippen molar-refractivity contribution in [1.82, 2.24) is 5.32 Å². The maximum Gasteiger partial charge on any atom is 0.329 e. The van der Waals surface area contributed by atoms with Gasteiger partial charge in [-0.3, -0.25) is 0 Å². The van der Waals surface area contributed by atoms with Gasteiger partial charge in [-0.1, -0.05) is 18.2 Å². The molecule has 0 radical (unpaired) electrons. The van der Waals surface area contributed by atoms with Crippen molar-refractivity contribution in [2.75, 3.05) is 12.4 Å². The average Bonchev–Trinajstić information content (AvgIpc) is 2.58. The molecule has 25 heavy (non-hydrogen) atoms. The van der Waals surface area contributed by atoms with Crippen molar-refractivity contribution in [3.05, 3.63) is 30.3 Å². The van der Waals surface area contributed by atoms with E-state index in [0.29, 0.717) is 23.4 Å². The summed E-state index contributed by atoms with van der Waals surface area (Å²) in [6.45, 7) is 0. The van der Waals surface area contributed by atoms with Crippen LogP contribution in [0.25, 0.3) is 0 Å². The Balaban J connectivity index is 1.52. The van der Waals surface area contributed by atoms with Crippen molar-refractivity contribution in [3.8, 4) is 0 Å². The predicted molar refractivity (Wildman–Crippen MR) is 95.0 cm³/mol. The van der Waals surface area contributed by atoms with E-state index in [1.807, 2.05) is 30.3 Å². The Hall–Kier alpha value is -2.04. The molecule has 0 spiro atoms. The average molecular weight is 342 g/mol. The molecule has 5 nitrogen and oxygen atoms in total. The molecular weight excluding hydrogens is 316 g/mol. The van der Waals surface area contributed by atoms with Crippen LogP contribution in [0.2, 0.25) is 0 Å². The number of carbonyl (C=O) groups excluding carboxylic acids is 2. The maximum atomic E-state index is 12.6. The summed E-state index contributed by atoms with van der Waals surface area (Å²) in [6, 6.07) is 8.40. The summed E-state index contributed by atoms with van der Waals surface area (Å²) < 4.78 is 5.07. The number of para-hydroxylation sites is 1. The Labute approximate surface area is 148 Å². The molecular formula is C20H26N2O3. The van der Waals surface area contributed by atoms with Crippen LogP contribution in [0.4, 0.5) is 10.5 Å². The molecule has 1 aromatic rings. The van der Waals surface area contributed by atoms with Crippen LogP contribution in [-0.4, -0.2) is 25.2 Å². The molecule has 4 aliphatic rings. The zero-order valence-corrected chi connectivity index (χ0v) is 14.7. The quantitative estimate of drug-likeness (QED) is 0.822. The molecule has 5 rings (SSSR count). The van der Waals surface area contributed by atoms with Gasteiger partial charge in [0, 0.05) is 11.1 Å². The van der Waals surface area contributed by atoms with E-state index >= 15 is 0 Å². The van der Waals surface area contributed by atoms with Gasteiger partial charge in [0.15, 0.2) is 0 Å². The minimum Gasteiger partial charge on any atom is -0.467 e. The number of amides is 2. The van der Waals surface area contributed by atoms with Gasteiger partial charge >= 0.3 is 12.0 Å². The number of rotatable bonds is 4. The van der Waals surface area contributed by atoms with E-state index in [2.05, 4.69) is 10.6 Å². The number of benzene rings is 1. The van der Waals surface area contributed by atoms with E-state index in [-0.39, 0.29) is 17.4 Å². The molecule has 0 heterocycles. The van der Waals surface area contributed by atoms with Crippen LogP contribution in [0.3, 0.4) is 0 Å². The maximum absolute atomic E-state index is 12.6. The minimum absolute atomic E-state index is 0.129. The topological polar surface area (TPSA) is 67.4 Å².